The number of halogens is 4. The average molecular weight is 363 g/mol. The Morgan fingerprint density at radius 3 is 2.58 bits per heavy atom. The zero-order chi connectivity index (χ0) is 14.0. The Morgan fingerprint density at radius 1 is 1.16 bits per heavy atom. The van der Waals surface area contributed by atoms with E-state index in [9.17, 15) is 4.39 Å². The average Bonchev–Trinajstić information content (AvgIpc) is 2.33. The number of hydrogen-bond donors (Lipinski definition) is 1. The van der Waals surface area contributed by atoms with E-state index in [0.717, 1.165) is 15.7 Å². The van der Waals surface area contributed by atoms with Crippen LogP contribution in [0.3, 0.4) is 0 Å². The molecule has 1 atom stereocenters. The molecule has 0 aliphatic carbocycles. The third-order valence-corrected chi connectivity index (χ3v) is 3.98. The van der Waals surface area contributed by atoms with Crippen LogP contribution in [0.15, 0.2) is 40.9 Å². The van der Waals surface area contributed by atoms with Crippen LogP contribution in [0.4, 0.5) is 10.1 Å². The number of benzene rings is 2. The molecule has 0 fully saturated rings. The van der Waals surface area contributed by atoms with Gasteiger partial charge in [0.25, 0.3) is 0 Å². The summed E-state index contributed by atoms with van der Waals surface area (Å²) >= 11 is 15.5. The van der Waals surface area contributed by atoms with Crippen LogP contribution in [0.25, 0.3) is 0 Å². The minimum Gasteiger partial charge on any atom is -0.378 e. The Hall–Kier alpha value is -0.770. The van der Waals surface area contributed by atoms with Crippen LogP contribution in [0.1, 0.15) is 18.5 Å². The molecule has 0 aromatic heterocycles. The lowest BCUT2D eigenvalue weighted by atomic mass is 10.1. The molecule has 0 heterocycles. The van der Waals surface area contributed by atoms with Gasteiger partial charge in [-0.25, -0.2) is 4.39 Å². The molecule has 100 valence electrons. The third-order valence-electron chi connectivity index (χ3n) is 2.73. The van der Waals surface area contributed by atoms with E-state index in [4.69, 9.17) is 23.2 Å². The molecule has 5 heteroatoms. The van der Waals surface area contributed by atoms with E-state index >= 15 is 0 Å². The SMILES string of the molecule is CC(Nc1cc(Cl)ccc1Br)c1ccc(F)cc1Cl. The van der Waals surface area contributed by atoms with Crippen molar-refractivity contribution in [3.63, 3.8) is 0 Å². The van der Waals surface area contributed by atoms with Crippen molar-refractivity contribution in [2.45, 2.75) is 13.0 Å². The van der Waals surface area contributed by atoms with Crippen LogP contribution in [0, 0.1) is 5.82 Å². The largest absolute Gasteiger partial charge is 0.378 e. The molecule has 2 aromatic carbocycles. The van der Waals surface area contributed by atoms with E-state index in [1.807, 2.05) is 19.1 Å². The van der Waals surface area contributed by atoms with Gasteiger partial charge in [0.2, 0.25) is 0 Å². The lowest BCUT2D eigenvalue weighted by molar-refractivity contribution is 0.626. The first kappa shape index (κ1) is 14.6. The number of rotatable bonds is 3. The Kier molecular flexibility index (Phi) is 4.71. The number of nitrogens with one attached hydrogen (secondary N) is 1. The topological polar surface area (TPSA) is 12.0 Å². The van der Waals surface area contributed by atoms with Gasteiger partial charge in [0.15, 0.2) is 0 Å². The normalized spacial score (nSPS) is 12.3. The summed E-state index contributed by atoms with van der Waals surface area (Å²) in [5, 5.41) is 4.33. The molecule has 0 saturated heterocycles. The fourth-order valence-corrected chi connectivity index (χ4v) is 2.64. The Morgan fingerprint density at radius 2 is 1.89 bits per heavy atom. The van der Waals surface area contributed by atoms with Gasteiger partial charge in [-0.1, -0.05) is 29.3 Å². The Labute approximate surface area is 129 Å². The molecule has 0 spiro atoms. The summed E-state index contributed by atoms with van der Waals surface area (Å²) in [6.07, 6.45) is 0. The monoisotopic (exact) mass is 361 g/mol. The summed E-state index contributed by atoms with van der Waals surface area (Å²) < 4.78 is 13.9. The molecule has 1 unspecified atom stereocenters. The van der Waals surface area contributed by atoms with E-state index in [2.05, 4.69) is 21.2 Å². The fourth-order valence-electron chi connectivity index (χ4n) is 1.77. The van der Waals surface area contributed by atoms with Crippen molar-refractivity contribution < 1.29 is 4.39 Å². The van der Waals surface area contributed by atoms with Crippen molar-refractivity contribution in [1.29, 1.82) is 0 Å². The standard InChI is InChI=1S/C14H11BrCl2FN/c1-8(11-4-3-10(18)7-13(11)17)19-14-6-9(16)2-5-12(14)15/h2-8,19H,1H3. The molecule has 1 nitrogen and oxygen atoms in total. The lowest BCUT2D eigenvalue weighted by Gasteiger charge is -2.18. The Balaban J connectivity index is 2.25. The van der Waals surface area contributed by atoms with E-state index in [-0.39, 0.29) is 11.9 Å². The summed E-state index contributed by atoms with van der Waals surface area (Å²) in [7, 11) is 0. The van der Waals surface area contributed by atoms with Gasteiger partial charge >= 0.3 is 0 Å². The fraction of sp³-hybridized carbons (Fsp3) is 0.143. The van der Waals surface area contributed by atoms with Crippen molar-refractivity contribution in [1.82, 2.24) is 0 Å². The maximum Gasteiger partial charge on any atom is 0.124 e. The van der Waals surface area contributed by atoms with Gasteiger partial charge in [-0.05, 0) is 58.7 Å². The first-order valence-corrected chi connectivity index (χ1v) is 7.19. The summed E-state index contributed by atoms with van der Waals surface area (Å²) in [5.41, 5.74) is 1.69. The first-order chi connectivity index (χ1) is 8.97. The molecule has 2 rings (SSSR count). The van der Waals surface area contributed by atoms with E-state index in [0.29, 0.717) is 10.0 Å². The summed E-state index contributed by atoms with van der Waals surface area (Å²) in [5.74, 6) is -0.343. The highest BCUT2D eigenvalue weighted by Crippen LogP contribution is 2.31. The van der Waals surface area contributed by atoms with Gasteiger partial charge in [-0.15, -0.1) is 0 Å². The molecule has 0 aliphatic heterocycles. The molecule has 0 bridgehead atoms. The van der Waals surface area contributed by atoms with Crippen LogP contribution < -0.4 is 5.32 Å². The van der Waals surface area contributed by atoms with Gasteiger partial charge in [0, 0.05) is 14.5 Å². The van der Waals surface area contributed by atoms with Crippen molar-refractivity contribution in [3.8, 4) is 0 Å². The van der Waals surface area contributed by atoms with E-state index in [1.165, 1.54) is 12.1 Å². The van der Waals surface area contributed by atoms with Gasteiger partial charge < -0.3 is 5.32 Å². The summed E-state index contributed by atoms with van der Waals surface area (Å²) in [4.78, 5) is 0. The lowest BCUT2D eigenvalue weighted by Crippen LogP contribution is -2.07. The molecule has 0 saturated carbocycles. The number of hydrogen-bond acceptors (Lipinski definition) is 1. The van der Waals surface area contributed by atoms with Crippen LogP contribution in [-0.4, -0.2) is 0 Å². The predicted molar refractivity (Wildman–Crippen MR) is 82.6 cm³/mol. The van der Waals surface area contributed by atoms with E-state index in [1.54, 1.807) is 12.1 Å². The van der Waals surface area contributed by atoms with Crippen LogP contribution >= 0.6 is 39.1 Å². The minimum atomic E-state index is -0.343. The van der Waals surface area contributed by atoms with Crippen LogP contribution in [0.5, 0.6) is 0 Å². The zero-order valence-electron chi connectivity index (χ0n) is 10.1. The molecule has 0 radical (unpaired) electrons. The van der Waals surface area contributed by atoms with Gasteiger partial charge in [-0.2, -0.15) is 0 Å². The van der Waals surface area contributed by atoms with E-state index < -0.39 is 0 Å². The summed E-state index contributed by atoms with van der Waals surface area (Å²) in [6.45, 7) is 1.95. The summed E-state index contributed by atoms with van der Waals surface area (Å²) in [6, 6.07) is 9.79. The van der Waals surface area contributed by atoms with Gasteiger partial charge in [0.05, 0.1) is 11.7 Å². The quantitative estimate of drug-likeness (QED) is 0.698. The second-order valence-corrected chi connectivity index (χ2v) is 5.85. The predicted octanol–water partition coefficient (Wildman–Crippen LogP) is 6.07. The number of anilines is 1. The van der Waals surface area contributed by atoms with Gasteiger partial charge in [0.1, 0.15) is 5.82 Å². The zero-order valence-corrected chi connectivity index (χ0v) is 13.2. The molecule has 1 N–H and O–H groups in total. The Bertz CT molecular complexity index is 604. The smallest absolute Gasteiger partial charge is 0.124 e. The molecule has 2 aromatic rings. The second-order valence-electron chi connectivity index (χ2n) is 4.16. The second kappa shape index (κ2) is 6.12. The maximum atomic E-state index is 13.0. The van der Waals surface area contributed by atoms with Crippen molar-refractivity contribution in [3.05, 3.63) is 62.3 Å². The van der Waals surface area contributed by atoms with Crippen molar-refractivity contribution in [2.24, 2.45) is 0 Å². The maximum absolute atomic E-state index is 13.0. The van der Waals surface area contributed by atoms with Gasteiger partial charge in [-0.3, -0.25) is 0 Å². The highest BCUT2D eigenvalue weighted by molar-refractivity contribution is 9.10. The van der Waals surface area contributed by atoms with Crippen molar-refractivity contribution in [2.75, 3.05) is 5.32 Å². The molecule has 0 amide bonds. The van der Waals surface area contributed by atoms with Crippen LogP contribution in [-0.2, 0) is 0 Å². The molecular formula is C14H11BrCl2FN. The first-order valence-electron chi connectivity index (χ1n) is 5.64. The molecular weight excluding hydrogens is 352 g/mol. The molecule has 0 aliphatic rings. The highest BCUT2D eigenvalue weighted by atomic mass is 79.9. The minimum absolute atomic E-state index is 0.0668. The highest BCUT2D eigenvalue weighted by Gasteiger charge is 2.12. The third kappa shape index (κ3) is 3.62. The van der Waals surface area contributed by atoms with Crippen molar-refractivity contribution >= 4 is 44.8 Å². The van der Waals surface area contributed by atoms with Crippen LogP contribution in [0.2, 0.25) is 10.0 Å². The molecule has 19 heavy (non-hydrogen) atoms.